The van der Waals surface area contributed by atoms with Crippen LogP contribution in [0.1, 0.15) is 12.0 Å². The predicted octanol–water partition coefficient (Wildman–Crippen LogP) is 0.812. The van der Waals surface area contributed by atoms with Gasteiger partial charge in [0.2, 0.25) is 10.0 Å². The number of hydrogen-bond donors (Lipinski definition) is 0. The van der Waals surface area contributed by atoms with E-state index in [4.69, 9.17) is 4.74 Å². The molecule has 7 heteroatoms. The van der Waals surface area contributed by atoms with E-state index in [1.54, 1.807) is 17.6 Å². The van der Waals surface area contributed by atoms with Gasteiger partial charge in [-0.15, -0.1) is 0 Å². The number of sulfonamides is 1. The van der Waals surface area contributed by atoms with E-state index >= 15 is 0 Å². The lowest BCUT2D eigenvalue weighted by molar-refractivity contribution is -0.00110. The molecule has 0 aliphatic carbocycles. The minimum absolute atomic E-state index is 0.0384. The SMILES string of the molecule is COC[C@@]12CCN(Cc3cccnc3)C[C@@H]1CN(S(C)(=O)=O)C2. The lowest BCUT2D eigenvalue weighted by Gasteiger charge is -2.43. The summed E-state index contributed by atoms with van der Waals surface area (Å²) < 4.78 is 31.0. The Morgan fingerprint density at radius 3 is 2.91 bits per heavy atom. The minimum Gasteiger partial charge on any atom is -0.384 e. The first kappa shape index (κ1) is 16.8. The molecule has 0 unspecified atom stereocenters. The molecule has 0 amide bonds. The number of nitrogens with zero attached hydrogens (tertiary/aromatic N) is 3. The van der Waals surface area contributed by atoms with Gasteiger partial charge in [0.15, 0.2) is 0 Å². The molecule has 2 fully saturated rings. The van der Waals surface area contributed by atoms with E-state index in [2.05, 4.69) is 16.0 Å². The van der Waals surface area contributed by atoms with Gasteiger partial charge in [-0.05, 0) is 30.5 Å². The lowest BCUT2D eigenvalue weighted by atomic mass is 9.73. The van der Waals surface area contributed by atoms with Crippen LogP contribution in [0.15, 0.2) is 24.5 Å². The number of rotatable bonds is 5. The molecule has 0 saturated carbocycles. The monoisotopic (exact) mass is 339 g/mol. The summed E-state index contributed by atoms with van der Waals surface area (Å²) in [6.07, 6.45) is 5.95. The first-order valence-corrected chi connectivity index (χ1v) is 9.83. The third-order valence-corrected chi connectivity index (χ3v) is 6.43. The number of likely N-dealkylation sites (tertiary alicyclic amines) is 1. The maximum Gasteiger partial charge on any atom is 0.211 e. The second-order valence-electron chi connectivity index (χ2n) is 6.89. The topological polar surface area (TPSA) is 62.7 Å². The zero-order valence-corrected chi connectivity index (χ0v) is 14.6. The van der Waals surface area contributed by atoms with Crippen LogP contribution in [0, 0.1) is 11.3 Å². The van der Waals surface area contributed by atoms with Crippen molar-refractivity contribution in [3.63, 3.8) is 0 Å². The van der Waals surface area contributed by atoms with Crippen LogP contribution >= 0.6 is 0 Å². The molecule has 0 bridgehead atoms. The normalized spacial score (nSPS) is 29.6. The van der Waals surface area contributed by atoms with Gasteiger partial charge in [0.1, 0.15) is 0 Å². The Morgan fingerprint density at radius 2 is 2.26 bits per heavy atom. The van der Waals surface area contributed by atoms with Crippen LogP contribution in [0.3, 0.4) is 0 Å². The van der Waals surface area contributed by atoms with E-state index in [1.165, 1.54) is 11.8 Å². The molecule has 1 aromatic heterocycles. The number of pyridine rings is 1. The number of aromatic nitrogens is 1. The van der Waals surface area contributed by atoms with Crippen LogP contribution in [0.5, 0.6) is 0 Å². The molecule has 128 valence electrons. The molecule has 3 rings (SSSR count). The second kappa shape index (κ2) is 6.47. The fourth-order valence-electron chi connectivity index (χ4n) is 3.97. The van der Waals surface area contributed by atoms with Crippen molar-refractivity contribution >= 4 is 10.0 Å². The van der Waals surface area contributed by atoms with Crippen molar-refractivity contribution in [3.8, 4) is 0 Å². The van der Waals surface area contributed by atoms with Gasteiger partial charge >= 0.3 is 0 Å². The third kappa shape index (κ3) is 3.57. The molecule has 0 radical (unpaired) electrons. The number of piperidine rings is 1. The van der Waals surface area contributed by atoms with Crippen LogP contribution in [0.25, 0.3) is 0 Å². The molecule has 2 aliphatic rings. The molecule has 23 heavy (non-hydrogen) atoms. The average Bonchev–Trinajstić information content (AvgIpc) is 2.88. The molecule has 2 atom stereocenters. The summed E-state index contributed by atoms with van der Waals surface area (Å²) in [6.45, 7) is 4.56. The van der Waals surface area contributed by atoms with Crippen molar-refractivity contribution in [3.05, 3.63) is 30.1 Å². The van der Waals surface area contributed by atoms with Gasteiger partial charge in [0.05, 0.1) is 12.9 Å². The van der Waals surface area contributed by atoms with Gasteiger partial charge < -0.3 is 4.74 Å². The van der Waals surface area contributed by atoms with Gasteiger partial charge in [-0.1, -0.05) is 6.07 Å². The maximum atomic E-state index is 12.0. The van der Waals surface area contributed by atoms with E-state index in [0.717, 1.165) is 26.1 Å². The lowest BCUT2D eigenvalue weighted by Crippen LogP contribution is -2.48. The van der Waals surface area contributed by atoms with E-state index < -0.39 is 10.0 Å². The van der Waals surface area contributed by atoms with E-state index in [9.17, 15) is 8.42 Å². The Morgan fingerprint density at radius 1 is 1.43 bits per heavy atom. The van der Waals surface area contributed by atoms with Crippen molar-refractivity contribution in [2.45, 2.75) is 13.0 Å². The second-order valence-corrected chi connectivity index (χ2v) is 8.88. The summed E-state index contributed by atoms with van der Waals surface area (Å²) in [7, 11) is -1.44. The summed E-state index contributed by atoms with van der Waals surface area (Å²) in [6, 6.07) is 4.04. The Balaban J connectivity index is 1.73. The maximum absolute atomic E-state index is 12.0. The average molecular weight is 339 g/mol. The summed E-state index contributed by atoms with van der Waals surface area (Å²) in [4.78, 5) is 6.57. The summed E-state index contributed by atoms with van der Waals surface area (Å²) >= 11 is 0. The molecule has 2 saturated heterocycles. The van der Waals surface area contributed by atoms with Crippen molar-refractivity contribution in [1.29, 1.82) is 0 Å². The fourth-order valence-corrected chi connectivity index (χ4v) is 4.91. The number of ether oxygens (including phenoxy) is 1. The smallest absolute Gasteiger partial charge is 0.211 e. The van der Waals surface area contributed by atoms with E-state index in [0.29, 0.717) is 25.6 Å². The van der Waals surface area contributed by atoms with Crippen LogP contribution < -0.4 is 0 Å². The third-order valence-electron chi connectivity index (χ3n) is 5.22. The highest BCUT2D eigenvalue weighted by Crippen LogP contribution is 2.44. The van der Waals surface area contributed by atoms with Crippen LogP contribution in [0.2, 0.25) is 0 Å². The highest BCUT2D eigenvalue weighted by atomic mass is 32.2. The van der Waals surface area contributed by atoms with Gasteiger partial charge in [0.25, 0.3) is 0 Å². The summed E-state index contributed by atoms with van der Waals surface area (Å²) in [5.41, 5.74) is 1.16. The largest absolute Gasteiger partial charge is 0.384 e. The Hall–Kier alpha value is -1.02. The predicted molar refractivity (Wildman–Crippen MR) is 88.3 cm³/mol. The first-order chi connectivity index (χ1) is 10.9. The molecule has 3 heterocycles. The van der Waals surface area contributed by atoms with Crippen LogP contribution in [0.4, 0.5) is 0 Å². The van der Waals surface area contributed by atoms with Gasteiger partial charge in [0, 0.05) is 51.1 Å². The summed E-state index contributed by atoms with van der Waals surface area (Å²) in [5, 5.41) is 0. The summed E-state index contributed by atoms with van der Waals surface area (Å²) in [5.74, 6) is 0.322. The highest BCUT2D eigenvalue weighted by Gasteiger charge is 2.51. The molecule has 6 nitrogen and oxygen atoms in total. The molecule has 1 aromatic rings. The van der Waals surface area contributed by atoms with Crippen molar-refractivity contribution in [2.75, 3.05) is 46.2 Å². The zero-order valence-electron chi connectivity index (χ0n) is 13.8. The van der Waals surface area contributed by atoms with Crippen molar-refractivity contribution < 1.29 is 13.2 Å². The molecular formula is C16H25N3O3S. The molecule has 0 aromatic carbocycles. The van der Waals surface area contributed by atoms with E-state index in [1.807, 2.05) is 12.3 Å². The number of hydrogen-bond acceptors (Lipinski definition) is 5. The van der Waals surface area contributed by atoms with E-state index in [-0.39, 0.29) is 5.41 Å². The van der Waals surface area contributed by atoms with Gasteiger partial charge in [-0.2, -0.15) is 0 Å². The van der Waals surface area contributed by atoms with Gasteiger partial charge in [-0.25, -0.2) is 12.7 Å². The molecule has 2 aliphatic heterocycles. The highest BCUT2D eigenvalue weighted by molar-refractivity contribution is 7.88. The quantitative estimate of drug-likeness (QED) is 0.794. The first-order valence-electron chi connectivity index (χ1n) is 7.98. The number of fused-ring (bicyclic) bond motifs is 1. The fraction of sp³-hybridized carbons (Fsp3) is 0.688. The standard InChI is InChI=1S/C16H25N3O3S/c1-22-13-16-5-7-18(9-14-4-3-6-17-8-14)10-15(16)11-19(12-16)23(2,20)21/h3-4,6,8,15H,5,7,9-13H2,1-2H3/t15-,16+/m1/s1. The molecule has 0 spiro atoms. The van der Waals surface area contributed by atoms with Crippen LogP contribution in [-0.2, 0) is 21.3 Å². The Kier molecular flexibility index (Phi) is 4.73. The Labute approximate surface area is 138 Å². The van der Waals surface area contributed by atoms with Crippen molar-refractivity contribution in [1.82, 2.24) is 14.2 Å². The Bertz CT molecular complexity index is 637. The van der Waals surface area contributed by atoms with Gasteiger partial charge in [-0.3, -0.25) is 9.88 Å². The molecule has 0 N–H and O–H groups in total. The number of methoxy groups -OCH3 is 1. The molecular weight excluding hydrogens is 314 g/mol. The minimum atomic E-state index is -3.14. The van der Waals surface area contributed by atoms with Crippen molar-refractivity contribution in [2.24, 2.45) is 11.3 Å². The van der Waals surface area contributed by atoms with Crippen LogP contribution in [-0.4, -0.2) is 68.8 Å². The zero-order chi connectivity index (χ0) is 16.5.